The van der Waals surface area contributed by atoms with Crippen molar-refractivity contribution in [2.75, 3.05) is 0 Å². The van der Waals surface area contributed by atoms with Gasteiger partial charge >= 0.3 is 5.97 Å². The third kappa shape index (κ3) is 5.70. The van der Waals surface area contributed by atoms with Gasteiger partial charge in [0, 0.05) is 10.6 Å². The smallest absolute Gasteiger partial charge is 0.352 e. The molecule has 0 spiro atoms. The highest BCUT2D eigenvalue weighted by molar-refractivity contribution is 9.10. The predicted molar refractivity (Wildman–Crippen MR) is 115 cm³/mol. The van der Waals surface area contributed by atoms with Crippen LogP contribution in [0.3, 0.4) is 0 Å². The van der Waals surface area contributed by atoms with Crippen LogP contribution < -0.4 is 10.1 Å². The summed E-state index contributed by atoms with van der Waals surface area (Å²) in [5.41, 5.74) is 0.601. The summed E-state index contributed by atoms with van der Waals surface area (Å²) in [7, 11) is 0. The first-order valence-corrected chi connectivity index (χ1v) is 9.64. The zero-order valence-electron chi connectivity index (χ0n) is 14.9. The molecule has 2 N–H and O–H groups in total. The molecule has 0 heterocycles. The summed E-state index contributed by atoms with van der Waals surface area (Å²) in [5.74, 6) is -0.561. The molecule has 0 aliphatic heterocycles. The first-order chi connectivity index (χ1) is 13.9. The van der Waals surface area contributed by atoms with E-state index in [4.69, 9.17) is 16.3 Å². The van der Waals surface area contributed by atoms with E-state index in [-0.39, 0.29) is 11.3 Å². The average Bonchev–Trinajstić information content (AvgIpc) is 2.70. The van der Waals surface area contributed by atoms with E-state index in [1.54, 1.807) is 42.5 Å². The fraction of sp³-hybridized carbons (Fsp3) is 0. The van der Waals surface area contributed by atoms with Crippen LogP contribution in [0.4, 0.5) is 0 Å². The molecule has 1 amide bonds. The van der Waals surface area contributed by atoms with Crippen molar-refractivity contribution in [3.63, 3.8) is 0 Å². The van der Waals surface area contributed by atoms with E-state index in [0.717, 1.165) is 4.47 Å². The Bertz CT molecular complexity index is 1080. The molecule has 146 valence electrons. The summed E-state index contributed by atoms with van der Waals surface area (Å²) >= 11 is 9.29. The lowest BCUT2D eigenvalue weighted by Gasteiger charge is -2.09. The topological polar surface area (TPSA) is 75.6 Å². The third-order valence-corrected chi connectivity index (χ3v) is 4.71. The molecule has 0 aliphatic carbocycles. The number of rotatable bonds is 6. The second kappa shape index (κ2) is 9.41. The minimum atomic E-state index is -1.26. The van der Waals surface area contributed by atoms with Crippen LogP contribution in [0.5, 0.6) is 11.5 Å². The van der Waals surface area contributed by atoms with E-state index < -0.39 is 11.9 Å². The largest absolute Gasteiger partial charge is 0.477 e. The SMILES string of the molecule is O=C(O)/C(=C\c1ccc(Oc2ccccc2Br)cc1)NC(=O)c1cccc(Cl)c1. The minimum Gasteiger partial charge on any atom is -0.477 e. The summed E-state index contributed by atoms with van der Waals surface area (Å²) in [5, 5.41) is 12.2. The first-order valence-electron chi connectivity index (χ1n) is 8.47. The highest BCUT2D eigenvalue weighted by Crippen LogP contribution is 2.29. The molecule has 29 heavy (non-hydrogen) atoms. The minimum absolute atomic E-state index is 0.255. The Labute approximate surface area is 180 Å². The van der Waals surface area contributed by atoms with E-state index >= 15 is 0 Å². The number of halogens is 2. The lowest BCUT2D eigenvalue weighted by atomic mass is 10.1. The number of nitrogens with one attached hydrogen (secondary N) is 1. The molecule has 0 unspecified atom stereocenters. The normalized spacial score (nSPS) is 11.0. The number of carboxylic acids is 1. The van der Waals surface area contributed by atoms with Crippen LogP contribution in [0.2, 0.25) is 5.02 Å². The van der Waals surface area contributed by atoms with Crippen molar-refractivity contribution in [3.8, 4) is 11.5 Å². The quantitative estimate of drug-likeness (QED) is 0.448. The van der Waals surface area contributed by atoms with E-state index in [9.17, 15) is 14.7 Å². The van der Waals surface area contributed by atoms with Gasteiger partial charge in [-0.2, -0.15) is 0 Å². The summed E-state index contributed by atoms with van der Waals surface area (Å²) in [4.78, 5) is 23.8. The van der Waals surface area contributed by atoms with Crippen molar-refractivity contribution in [1.29, 1.82) is 0 Å². The van der Waals surface area contributed by atoms with Crippen molar-refractivity contribution in [2.24, 2.45) is 0 Å². The highest BCUT2D eigenvalue weighted by Gasteiger charge is 2.14. The Morgan fingerprint density at radius 2 is 1.72 bits per heavy atom. The number of carbonyl (C=O) groups is 2. The maximum Gasteiger partial charge on any atom is 0.352 e. The summed E-state index contributed by atoms with van der Waals surface area (Å²) in [6.07, 6.45) is 1.37. The molecule has 0 atom stereocenters. The van der Waals surface area contributed by atoms with Crippen LogP contribution in [0.25, 0.3) is 6.08 Å². The Morgan fingerprint density at radius 1 is 1.00 bits per heavy atom. The predicted octanol–water partition coefficient (Wildman–Crippen LogP) is 5.75. The molecule has 3 aromatic carbocycles. The molecule has 5 nitrogen and oxygen atoms in total. The number of carbonyl (C=O) groups excluding carboxylic acids is 1. The molecule has 0 aliphatic rings. The van der Waals surface area contributed by atoms with Crippen LogP contribution in [0.1, 0.15) is 15.9 Å². The molecule has 3 aromatic rings. The Balaban J connectivity index is 1.76. The van der Waals surface area contributed by atoms with Crippen molar-refractivity contribution >= 4 is 45.5 Å². The number of amides is 1. The van der Waals surface area contributed by atoms with Crippen LogP contribution in [0.15, 0.2) is 83.0 Å². The zero-order chi connectivity index (χ0) is 20.8. The standard InChI is InChI=1S/C22H15BrClNO4/c23-18-6-1-2-7-20(18)29-17-10-8-14(9-11-17)12-19(22(27)28)25-21(26)15-4-3-5-16(24)13-15/h1-13H,(H,25,26)(H,27,28)/b19-12+. The van der Waals surface area contributed by atoms with E-state index in [1.165, 1.54) is 12.1 Å². The van der Waals surface area contributed by atoms with Crippen molar-refractivity contribution in [2.45, 2.75) is 0 Å². The average molecular weight is 473 g/mol. The van der Waals surface area contributed by atoms with Crippen LogP contribution in [0, 0.1) is 0 Å². The highest BCUT2D eigenvalue weighted by atomic mass is 79.9. The second-order valence-electron chi connectivity index (χ2n) is 5.93. The van der Waals surface area contributed by atoms with Gasteiger partial charge in [-0.05, 0) is 70.0 Å². The first kappa shape index (κ1) is 20.6. The van der Waals surface area contributed by atoms with Crippen LogP contribution in [-0.4, -0.2) is 17.0 Å². The van der Waals surface area contributed by atoms with Gasteiger partial charge in [0.25, 0.3) is 5.91 Å². The third-order valence-electron chi connectivity index (χ3n) is 3.82. The number of ether oxygens (including phenoxy) is 1. The Hall–Kier alpha value is -3.09. The number of hydrogen-bond acceptors (Lipinski definition) is 3. The lowest BCUT2D eigenvalue weighted by Crippen LogP contribution is -2.27. The molecule has 0 bridgehead atoms. The Morgan fingerprint density at radius 3 is 2.38 bits per heavy atom. The lowest BCUT2D eigenvalue weighted by molar-refractivity contribution is -0.132. The Kier molecular flexibility index (Phi) is 6.69. The summed E-state index contributed by atoms with van der Waals surface area (Å²) in [6.45, 7) is 0. The van der Waals surface area contributed by atoms with Crippen LogP contribution in [-0.2, 0) is 4.79 Å². The number of aliphatic carboxylic acids is 1. The summed E-state index contributed by atoms with van der Waals surface area (Å²) in [6, 6.07) is 20.5. The molecular formula is C22H15BrClNO4. The van der Waals surface area contributed by atoms with Gasteiger partial charge in [0.05, 0.1) is 4.47 Å². The number of hydrogen-bond donors (Lipinski definition) is 2. The van der Waals surface area contributed by atoms with Gasteiger partial charge in [-0.1, -0.05) is 41.9 Å². The fourth-order valence-electron chi connectivity index (χ4n) is 2.43. The maximum atomic E-state index is 12.3. The molecule has 7 heteroatoms. The van der Waals surface area contributed by atoms with Gasteiger partial charge in [0.15, 0.2) is 0 Å². The molecule has 0 fully saturated rings. The van der Waals surface area contributed by atoms with Crippen molar-refractivity contribution < 1.29 is 19.4 Å². The molecule has 0 radical (unpaired) electrons. The fourth-order valence-corrected chi connectivity index (χ4v) is 2.98. The molecule has 0 saturated carbocycles. The van der Waals surface area contributed by atoms with Gasteiger partial charge in [0.2, 0.25) is 0 Å². The number of benzene rings is 3. The van der Waals surface area contributed by atoms with E-state index in [1.807, 2.05) is 24.3 Å². The zero-order valence-corrected chi connectivity index (χ0v) is 17.3. The van der Waals surface area contributed by atoms with Gasteiger partial charge in [-0.25, -0.2) is 4.79 Å². The number of para-hydroxylation sites is 1. The summed E-state index contributed by atoms with van der Waals surface area (Å²) < 4.78 is 6.60. The molecule has 0 saturated heterocycles. The monoisotopic (exact) mass is 471 g/mol. The van der Waals surface area contributed by atoms with Gasteiger partial charge in [-0.15, -0.1) is 0 Å². The van der Waals surface area contributed by atoms with Gasteiger partial charge < -0.3 is 15.2 Å². The second-order valence-corrected chi connectivity index (χ2v) is 7.22. The van der Waals surface area contributed by atoms with E-state index in [2.05, 4.69) is 21.2 Å². The number of carboxylic acid groups (broad SMARTS) is 1. The maximum absolute atomic E-state index is 12.3. The van der Waals surface area contributed by atoms with Crippen molar-refractivity contribution in [3.05, 3.63) is 99.1 Å². The van der Waals surface area contributed by atoms with Gasteiger partial charge in [0.1, 0.15) is 17.2 Å². The molecule has 0 aromatic heterocycles. The van der Waals surface area contributed by atoms with Crippen LogP contribution >= 0.6 is 27.5 Å². The van der Waals surface area contributed by atoms with E-state index in [0.29, 0.717) is 22.1 Å². The molecular weight excluding hydrogens is 458 g/mol. The van der Waals surface area contributed by atoms with Gasteiger partial charge in [-0.3, -0.25) is 4.79 Å². The molecule has 3 rings (SSSR count). The van der Waals surface area contributed by atoms with Crippen molar-refractivity contribution in [1.82, 2.24) is 5.32 Å².